The van der Waals surface area contributed by atoms with Gasteiger partial charge in [-0.2, -0.15) is 0 Å². The van der Waals surface area contributed by atoms with Gasteiger partial charge in [0.15, 0.2) is 0 Å². The zero-order valence-corrected chi connectivity index (χ0v) is 12.6. The van der Waals surface area contributed by atoms with Gasteiger partial charge in [-0.1, -0.05) is 19.9 Å². The van der Waals surface area contributed by atoms with Crippen LogP contribution in [0.1, 0.15) is 32.4 Å². The Kier molecular flexibility index (Phi) is 5.00. The SMILES string of the molecule is CC(C)CN1CCN(c2ccc(C(C)O)cc2F)CC1. The molecule has 1 aromatic carbocycles. The van der Waals surface area contributed by atoms with Crippen molar-refractivity contribution in [1.29, 1.82) is 0 Å². The highest BCUT2D eigenvalue weighted by atomic mass is 19.1. The molecule has 2 rings (SSSR count). The lowest BCUT2D eigenvalue weighted by atomic mass is 10.1. The highest BCUT2D eigenvalue weighted by molar-refractivity contribution is 5.50. The molecule has 1 aliphatic rings. The summed E-state index contributed by atoms with van der Waals surface area (Å²) in [5.41, 5.74) is 1.28. The van der Waals surface area contributed by atoms with E-state index in [1.807, 2.05) is 6.07 Å². The summed E-state index contributed by atoms with van der Waals surface area (Å²) in [4.78, 5) is 4.53. The van der Waals surface area contributed by atoms with E-state index >= 15 is 0 Å². The zero-order chi connectivity index (χ0) is 14.7. The first kappa shape index (κ1) is 15.3. The van der Waals surface area contributed by atoms with Gasteiger partial charge in [0.25, 0.3) is 0 Å². The highest BCUT2D eigenvalue weighted by Gasteiger charge is 2.20. The Morgan fingerprint density at radius 2 is 1.80 bits per heavy atom. The van der Waals surface area contributed by atoms with Crippen LogP contribution < -0.4 is 4.90 Å². The maximum absolute atomic E-state index is 14.1. The van der Waals surface area contributed by atoms with Crippen molar-refractivity contribution >= 4 is 5.69 Å². The predicted octanol–water partition coefficient (Wildman–Crippen LogP) is 2.66. The number of halogens is 1. The van der Waals surface area contributed by atoms with Gasteiger partial charge in [0, 0.05) is 32.7 Å². The van der Waals surface area contributed by atoms with E-state index in [9.17, 15) is 9.50 Å². The molecule has 112 valence electrons. The summed E-state index contributed by atoms with van der Waals surface area (Å²) in [5, 5.41) is 9.48. The average molecular weight is 280 g/mol. The van der Waals surface area contributed by atoms with E-state index in [1.165, 1.54) is 6.07 Å². The van der Waals surface area contributed by atoms with Crippen LogP contribution in [0, 0.1) is 11.7 Å². The molecule has 1 N–H and O–H groups in total. The molecule has 0 saturated carbocycles. The molecule has 0 spiro atoms. The molecule has 1 aromatic rings. The molecule has 20 heavy (non-hydrogen) atoms. The van der Waals surface area contributed by atoms with Crippen LogP contribution in [0.5, 0.6) is 0 Å². The van der Waals surface area contributed by atoms with Crippen molar-refractivity contribution in [3.63, 3.8) is 0 Å². The van der Waals surface area contributed by atoms with Crippen LogP contribution in [0.4, 0.5) is 10.1 Å². The Morgan fingerprint density at radius 1 is 1.15 bits per heavy atom. The number of aliphatic hydroxyl groups excluding tert-OH is 1. The number of rotatable bonds is 4. The fourth-order valence-corrected chi connectivity index (χ4v) is 2.73. The van der Waals surface area contributed by atoms with Gasteiger partial charge in [0.1, 0.15) is 5.82 Å². The summed E-state index contributed by atoms with van der Waals surface area (Å²) in [7, 11) is 0. The average Bonchev–Trinajstić information content (AvgIpc) is 2.39. The Morgan fingerprint density at radius 3 is 2.30 bits per heavy atom. The molecular weight excluding hydrogens is 255 g/mol. The zero-order valence-electron chi connectivity index (χ0n) is 12.6. The molecule has 1 unspecified atom stereocenters. The van der Waals surface area contributed by atoms with E-state index in [1.54, 1.807) is 13.0 Å². The Hall–Kier alpha value is -1.13. The van der Waals surface area contributed by atoms with Gasteiger partial charge in [-0.25, -0.2) is 4.39 Å². The summed E-state index contributed by atoms with van der Waals surface area (Å²) < 4.78 is 14.1. The fraction of sp³-hybridized carbons (Fsp3) is 0.625. The first-order chi connectivity index (χ1) is 9.47. The van der Waals surface area contributed by atoms with E-state index in [2.05, 4.69) is 23.6 Å². The van der Waals surface area contributed by atoms with Gasteiger partial charge in [0.2, 0.25) is 0 Å². The topological polar surface area (TPSA) is 26.7 Å². The number of anilines is 1. The second-order valence-electron chi connectivity index (χ2n) is 6.07. The van der Waals surface area contributed by atoms with Crippen molar-refractivity contribution in [2.24, 2.45) is 5.92 Å². The monoisotopic (exact) mass is 280 g/mol. The van der Waals surface area contributed by atoms with Crippen molar-refractivity contribution in [3.05, 3.63) is 29.6 Å². The standard InChI is InChI=1S/C16H25FN2O/c1-12(2)11-18-6-8-19(9-7-18)16-5-4-14(13(3)20)10-15(16)17/h4-5,10,12-13,20H,6-9,11H2,1-3H3. The lowest BCUT2D eigenvalue weighted by Gasteiger charge is -2.37. The molecule has 1 saturated heterocycles. The molecule has 0 amide bonds. The lowest BCUT2D eigenvalue weighted by Crippen LogP contribution is -2.47. The Balaban J connectivity index is 2.00. The second kappa shape index (κ2) is 6.55. The summed E-state index contributed by atoms with van der Waals surface area (Å²) in [5.74, 6) is 0.435. The molecule has 1 aliphatic heterocycles. The third-order valence-electron chi connectivity index (χ3n) is 3.79. The van der Waals surface area contributed by atoms with Crippen molar-refractivity contribution in [2.45, 2.75) is 26.9 Å². The van der Waals surface area contributed by atoms with E-state index in [4.69, 9.17) is 0 Å². The molecule has 0 aliphatic carbocycles. The molecule has 1 fully saturated rings. The second-order valence-corrected chi connectivity index (χ2v) is 6.07. The van der Waals surface area contributed by atoms with E-state index in [0.29, 0.717) is 17.2 Å². The first-order valence-corrected chi connectivity index (χ1v) is 7.42. The van der Waals surface area contributed by atoms with Crippen molar-refractivity contribution in [2.75, 3.05) is 37.6 Å². The number of aliphatic hydroxyl groups is 1. The quantitative estimate of drug-likeness (QED) is 0.918. The number of nitrogens with zero attached hydrogens (tertiary/aromatic N) is 2. The number of hydrogen-bond acceptors (Lipinski definition) is 3. The van der Waals surface area contributed by atoms with Crippen LogP contribution in [0.3, 0.4) is 0 Å². The molecule has 3 nitrogen and oxygen atoms in total. The van der Waals surface area contributed by atoms with Crippen LogP contribution in [-0.2, 0) is 0 Å². The summed E-state index contributed by atoms with van der Waals surface area (Å²) in [6.45, 7) is 10.9. The predicted molar refractivity (Wildman–Crippen MR) is 80.5 cm³/mol. The van der Waals surface area contributed by atoms with E-state index in [-0.39, 0.29) is 5.82 Å². The van der Waals surface area contributed by atoms with Crippen molar-refractivity contribution < 1.29 is 9.50 Å². The van der Waals surface area contributed by atoms with Crippen LogP contribution in [0.2, 0.25) is 0 Å². The van der Waals surface area contributed by atoms with Gasteiger partial charge in [-0.3, -0.25) is 4.90 Å². The molecule has 0 aromatic heterocycles. The van der Waals surface area contributed by atoms with Crippen LogP contribution in [0.15, 0.2) is 18.2 Å². The molecule has 4 heteroatoms. The first-order valence-electron chi connectivity index (χ1n) is 7.42. The minimum absolute atomic E-state index is 0.235. The normalized spacial score (nSPS) is 18.6. The van der Waals surface area contributed by atoms with Crippen molar-refractivity contribution in [1.82, 2.24) is 4.90 Å². The number of hydrogen-bond donors (Lipinski definition) is 1. The minimum atomic E-state index is -0.624. The molecule has 1 atom stereocenters. The molecule has 0 radical (unpaired) electrons. The highest BCUT2D eigenvalue weighted by Crippen LogP contribution is 2.24. The lowest BCUT2D eigenvalue weighted by molar-refractivity contribution is 0.199. The number of benzene rings is 1. The summed E-state index contributed by atoms with van der Waals surface area (Å²) in [6.07, 6.45) is -0.624. The largest absolute Gasteiger partial charge is 0.389 e. The van der Waals surface area contributed by atoms with Gasteiger partial charge < -0.3 is 10.0 Å². The fourth-order valence-electron chi connectivity index (χ4n) is 2.73. The van der Waals surface area contributed by atoms with Crippen LogP contribution >= 0.6 is 0 Å². The molecule has 0 bridgehead atoms. The minimum Gasteiger partial charge on any atom is -0.389 e. The van der Waals surface area contributed by atoms with Gasteiger partial charge in [-0.05, 0) is 30.5 Å². The summed E-state index contributed by atoms with van der Waals surface area (Å²) in [6, 6.07) is 5.04. The Bertz CT molecular complexity index is 440. The van der Waals surface area contributed by atoms with Gasteiger partial charge in [-0.15, -0.1) is 0 Å². The number of piperazine rings is 1. The maximum atomic E-state index is 14.1. The third-order valence-corrected chi connectivity index (χ3v) is 3.79. The summed E-state index contributed by atoms with van der Waals surface area (Å²) >= 11 is 0. The smallest absolute Gasteiger partial charge is 0.146 e. The van der Waals surface area contributed by atoms with E-state index in [0.717, 1.165) is 32.7 Å². The Labute approximate surface area is 121 Å². The van der Waals surface area contributed by atoms with Gasteiger partial charge in [0.05, 0.1) is 11.8 Å². The van der Waals surface area contributed by atoms with E-state index < -0.39 is 6.10 Å². The molecular formula is C16H25FN2O. The van der Waals surface area contributed by atoms with Crippen molar-refractivity contribution in [3.8, 4) is 0 Å². The van der Waals surface area contributed by atoms with Gasteiger partial charge >= 0.3 is 0 Å². The maximum Gasteiger partial charge on any atom is 0.146 e. The van der Waals surface area contributed by atoms with Crippen LogP contribution in [0.25, 0.3) is 0 Å². The third kappa shape index (κ3) is 3.70. The molecule has 1 heterocycles. The van der Waals surface area contributed by atoms with Crippen LogP contribution in [-0.4, -0.2) is 42.7 Å².